The summed E-state index contributed by atoms with van der Waals surface area (Å²) in [5, 5.41) is 21.5. The van der Waals surface area contributed by atoms with E-state index in [4.69, 9.17) is 4.74 Å². The van der Waals surface area contributed by atoms with Gasteiger partial charge in [-0.1, -0.05) is 6.58 Å². The Kier molecular flexibility index (Phi) is 2.28. The van der Waals surface area contributed by atoms with Crippen molar-refractivity contribution in [2.24, 2.45) is 11.8 Å². The lowest BCUT2D eigenvalue weighted by molar-refractivity contribution is -0.322. The second-order valence-electron chi connectivity index (χ2n) is 6.51. The van der Waals surface area contributed by atoms with Crippen molar-refractivity contribution in [2.45, 2.75) is 55.8 Å². The van der Waals surface area contributed by atoms with Gasteiger partial charge in [-0.2, -0.15) is 0 Å². The topological polar surface area (TPSA) is 66.8 Å². The molecule has 3 atom stereocenters. The smallest absolute Gasteiger partial charge is 0.330 e. The molecule has 0 aromatic rings. The van der Waals surface area contributed by atoms with Crippen LogP contribution in [0.3, 0.4) is 0 Å². The minimum absolute atomic E-state index is 0.348. The molecule has 4 rings (SSSR count). The van der Waals surface area contributed by atoms with Crippen molar-refractivity contribution in [3.8, 4) is 0 Å². The number of rotatable bonds is 2. The van der Waals surface area contributed by atoms with Crippen LogP contribution in [-0.4, -0.2) is 33.0 Å². The molecule has 4 fully saturated rings. The molecule has 4 bridgehead atoms. The molecule has 4 saturated carbocycles. The highest BCUT2D eigenvalue weighted by Crippen LogP contribution is 2.63. The molecule has 4 aliphatic rings. The van der Waals surface area contributed by atoms with Crippen LogP contribution >= 0.6 is 0 Å². The molecule has 0 heterocycles. The fourth-order valence-electron chi connectivity index (χ4n) is 4.64. The number of hydrogen-bond donors (Lipinski definition) is 2. The molecule has 100 valence electrons. The van der Waals surface area contributed by atoms with Gasteiger partial charge in [-0.15, -0.1) is 0 Å². The highest BCUT2D eigenvalue weighted by molar-refractivity contribution is 5.81. The van der Waals surface area contributed by atoms with E-state index in [1.165, 1.54) is 0 Å². The fraction of sp³-hybridized carbons (Fsp3) is 0.786. The summed E-state index contributed by atoms with van der Waals surface area (Å²) in [6.07, 6.45) is 4.73. The molecular formula is C14H20O4. The van der Waals surface area contributed by atoms with Crippen LogP contribution in [0.5, 0.6) is 0 Å². The molecule has 0 saturated heterocycles. The lowest BCUT2D eigenvalue weighted by Gasteiger charge is -2.66. The van der Waals surface area contributed by atoms with E-state index >= 15 is 0 Å². The van der Waals surface area contributed by atoms with Crippen LogP contribution in [-0.2, 0) is 9.53 Å². The maximum absolute atomic E-state index is 11.6. The second kappa shape index (κ2) is 3.36. The van der Waals surface area contributed by atoms with Gasteiger partial charge in [0.1, 0.15) is 11.2 Å². The Hall–Kier alpha value is -0.870. The van der Waals surface area contributed by atoms with Crippen molar-refractivity contribution >= 4 is 5.97 Å². The van der Waals surface area contributed by atoms with Crippen LogP contribution in [0, 0.1) is 11.8 Å². The number of aliphatic hydroxyl groups is 2. The van der Waals surface area contributed by atoms with Gasteiger partial charge in [0.2, 0.25) is 0 Å². The summed E-state index contributed by atoms with van der Waals surface area (Å²) in [4.78, 5) is 11.6. The predicted molar refractivity (Wildman–Crippen MR) is 64.7 cm³/mol. The lowest BCUT2D eigenvalue weighted by atomic mass is 9.46. The van der Waals surface area contributed by atoms with E-state index in [0.717, 1.165) is 12.5 Å². The first kappa shape index (κ1) is 12.2. The van der Waals surface area contributed by atoms with Gasteiger partial charge in [-0.25, -0.2) is 4.79 Å². The van der Waals surface area contributed by atoms with Gasteiger partial charge in [0.25, 0.3) is 0 Å². The Morgan fingerprint density at radius 1 is 1.28 bits per heavy atom. The van der Waals surface area contributed by atoms with Gasteiger partial charge in [0, 0.05) is 6.08 Å². The van der Waals surface area contributed by atoms with Crippen LogP contribution < -0.4 is 0 Å². The third-order valence-corrected chi connectivity index (χ3v) is 5.41. The van der Waals surface area contributed by atoms with Crippen molar-refractivity contribution in [3.63, 3.8) is 0 Å². The third-order valence-electron chi connectivity index (χ3n) is 5.41. The van der Waals surface area contributed by atoms with E-state index in [1.807, 2.05) is 0 Å². The van der Waals surface area contributed by atoms with Crippen LogP contribution in [0.1, 0.15) is 39.0 Å². The largest absolute Gasteiger partial charge is 0.453 e. The minimum atomic E-state index is -1.37. The summed E-state index contributed by atoms with van der Waals surface area (Å²) in [5.41, 5.74) is -3.41. The van der Waals surface area contributed by atoms with Gasteiger partial charge in [-0.05, 0) is 50.9 Å². The number of esters is 1. The highest BCUT2D eigenvalue weighted by Gasteiger charge is 2.71. The summed E-state index contributed by atoms with van der Waals surface area (Å²) >= 11 is 0. The van der Waals surface area contributed by atoms with Crippen molar-refractivity contribution < 1.29 is 19.7 Å². The maximum atomic E-state index is 11.6. The van der Waals surface area contributed by atoms with E-state index in [1.54, 1.807) is 6.92 Å². The van der Waals surface area contributed by atoms with Crippen LogP contribution in [0.4, 0.5) is 0 Å². The standard InChI is InChI=1S/C14H20O4/c1-3-11(15)18-14-7-9-4-10(8-14)6-13(17,5-9)12(14,2)16/h3,9-10,16-17H,1,4-8H2,2H3. The third kappa shape index (κ3) is 1.30. The zero-order valence-corrected chi connectivity index (χ0v) is 10.7. The Bertz CT molecular complexity index is 398. The predicted octanol–water partition coefficient (Wildman–Crippen LogP) is 1.16. The van der Waals surface area contributed by atoms with E-state index in [0.29, 0.717) is 37.5 Å². The molecule has 0 amide bonds. The molecule has 0 aromatic carbocycles. The van der Waals surface area contributed by atoms with Crippen LogP contribution in [0.15, 0.2) is 12.7 Å². The van der Waals surface area contributed by atoms with Crippen molar-refractivity contribution in [3.05, 3.63) is 12.7 Å². The Morgan fingerprint density at radius 3 is 2.33 bits per heavy atom. The molecule has 0 aromatic heterocycles. The van der Waals surface area contributed by atoms with E-state index in [9.17, 15) is 15.0 Å². The Labute approximate surface area is 107 Å². The monoisotopic (exact) mass is 252 g/mol. The van der Waals surface area contributed by atoms with E-state index in [2.05, 4.69) is 6.58 Å². The summed E-state index contributed by atoms with van der Waals surface area (Å²) in [5.74, 6) is 0.182. The van der Waals surface area contributed by atoms with Crippen LogP contribution in [0.25, 0.3) is 0 Å². The average Bonchev–Trinajstić information content (AvgIpc) is 2.25. The minimum Gasteiger partial charge on any atom is -0.453 e. The molecule has 0 aliphatic heterocycles. The van der Waals surface area contributed by atoms with Gasteiger partial charge in [-0.3, -0.25) is 0 Å². The zero-order chi connectivity index (χ0) is 13.2. The molecule has 4 heteroatoms. The molecule has 4 nitrogen and oxygen atoms in total. The van der Waals surface area contributed by atoms with Gasteiger partial charge >= 0.3 is 5.97 Å². The Morgan fingerprint density at radius 2 is 1.83 bits per heavy atom. The van der Waals surface area contributed by atoms with E-state index < -0.39 is 22.8 Å². The number of carbonyl (C=O) groups excluding carboxylic acids is 1. The normalized spacial score (nSPS) is 53.3. The van der Waals surface area contributed by atoms with Gasteiger partial charge in [0.05, 0.1) is 5.60 Å². The summed E-state index contributed by atoms with van der Waals surface area (Å²) in [6.45, 7) is 5.02. The van der Waals surface area contributed by atoms with Crippen molar-refractivity contribution in [2.75, 3.05) is 0 Å². The Balaban J connectivity index is 2.02. The molecule has 4 aliphatic carbocycles. The van der Waals surface area contributed by atoms with Gasteiger partial charge < -0.3 is 14.9 Å². The zero-order valence-electron chi connectivity index (χ0n) is 10.7. The number of ether oxygens (including phenoxy) is 1. The molecule has 2 N–H and O–H groups in total. The number of carbonyl (C=O) groups is 1. The quantitative estimate of drug-likeness (QED) is 0.571. The second-order valence-corrected chi connectivity index (χ2v) is 6.51. The fourth-order valence-corrected chi connectivity index (χ4v) is 4.64. The molecular weight excluding hydrogens is 232 g/mol. The highest BCUT2D eigenvalue weighted by atomic mass is 16.6. The average molecular weight is 252 g/mol. The van der Waals surface area contributed by atoms with E-state index in [-0.39, 0.29) is 0 Å². The summed E-state index contributed by atoms with van der Waals surface area (Å²) < 4.78 is 5.51. The SMILES string of the molecule is C=CC(=O)OC12CC3CC(CC(O)(C3)C1(C)O)C2. The number of hydrogen-bond acceptors (Lipinski definition) is 4. The first-order valence-corrected chi connectivity index (χ1v) is 6.62. The molecule has 0 radical (unpaired) electrons. The van der Waals surface area contributed by atoms with Crippen LogP contribution in [0.2, 0.25) is 0 Å². The van der Waals surface area contributed by atoms with Crippen molar-refractivity contribution in [1.29, 1.82) is 0 Å². The summed E-state index contributed by atoms with van der Waals surface area (Å²) in [6, 6.07) is 0. The van der Waals surface area contributed by atoms with Gasteiger partial charge in [0.15, 0.2) is 0 Å². The van der Waals surface area contributed by atoms with Crippen molar-refractivity contribution in [1.82, 2.24) is 0 Å². The molecule has 3 unspecified atom stereocenters. The molecule has 18 heavy (non-hydrogen) atoms. The lowest BCUT2D eigenvalue weighted by Crippen LogP contribution is -2.76. The maximum Gasteiger partial charge on any atom is 0.330 e. The summed E-state index contributed by atoms with van der Waals surface area (Å²) in [7, 11) is 0. The molecule has 0 spiro atoms. The first-order valence-electron chi connectivity index (χ1n) is 6.62. The first-order chi connectivity index (χ1) is 8.32.